The molecule has 0 unspecified atom stereocenters. The molecule has 0 atom stereocenters. The van der Waals surface area contributed by atoms with Crippen LogP contribution in [0.4, 0.5) is 10.1 Å². The Morgan fingerprint density at radius 3 is 2.48 bits per heavy atom. The number of nitrogens with one attached hydrogen (secondary N) is 1. The van der Waals surface area contributed by atoms with Crippen molar-refractivity contribution in [2.24, 2.45) is 0 Å². The summed E-state index contributed by atoms with van der Waals surface area (Å²) in [6.45, 7) is 3.11. The second kappa shape index (κ2) is 6.84. The quantitative estimate of drug-likeness (QED) is 0.908. The normalized spacial score (nSPS) is 14.6. The predicted octanol–water partition coefficient (Wildman–Crippen LogP) is 3.17. The van der Waals surface area contributed by atoms with Crippen LogP contribution in [-0.4, -0.2) is 32.3 Å². The molecule has 0 radical (unpaired) electrons. The second-order valence-electron chi connectivity index (χ2n) is 6.06. The molecule has 1 heterocycles. The minimum atomic E-state index is -3.99. The monoisotopic (exact) mass is 362 g/mol. The van der Waals surface area contributed by atoms with E-state index in [1.807, 2.05) is 0 Å². The van der Waals surface area contributed by atoms with Gasteiger partial charge >= 0.3 is 0 Å². The first kappa shape index (κ1) is 17.4. The number of carbonyl (C=O) groups is 1. The lowest BCUT2D eigenvalue weighted by molar-refractivity contribution is 0.0793. The first-order valence-corrected chi connectivity index (χ1v) is 9.54. The lowest BCUT2D eigenvalue weighted by atomic mass is 10.1. The van der Waals surface area contributed by atoms with E-state index in [0.717, 1.165) is 18.9 Å². The predicted molar refractivity (Wildman–Crippen MR) is 93.5 cm³/mol. The maximum Gasteiger partial charge on any atom is 0.262 e. The van der Waals surface area contributed by atoms with Gasteiger partial charge in [-0.1, -0.05) is 18.2 Å². The average Bonchev–Trinajstić information content (AvgIpc) is 3.09. The summed E-state index contributed by atoms with van der Waals surface area (Å²) in [4.78, 5) is 14.3. The van der Waals surface area contributed by atoms with Gasteiger partial charge in [-0.15, -0.1) is 0 Å². The summed E-state index contributed by atoms with van der Waals surface area (Å²) in [6, 6.07) is 9.75. The molecule has 0 aliphatic carbocycles. The van der Waals surface area contributed by atoms with Crippen LogP contribution in [0.3, 0.4) is 0 Å². The minimum Gasteiger partial charge on any atom is -0.339 e. The molecule has 1 aliphatic rings. The molecule has 1 fully saturated rings. The van der Waals surface area contributed by atoms with Gasteiger partial charge in [-0.25, -0.2) is 12.8 Å². The molecule has 5 nitrogen and oxygen atoms in total. The zero-order valence-electron chi connectivity index (χ0n) is 13.8. The zero-order chi connectivity index (χ0) is 18.0. The second-order valence-corrected chi connectivity index (χ2v) is 7.74. The maximum atomic E-state index is 13.4. The van der Waals surface area contributed by atoms with Crippen LogP contribution in [0.2, 0.25) is 0 Å². The van der Waals surface area contributed by atoms with Crippen LogP contribution >= 0.6 is 0 Å². The average molecular weight is 362 g/mol. The summed E-state index contributed by atoms with van der Waals surface area (Å²) in [5.41, 5.74) is 1.24. The lowest BCUT2D eigenvalue weighted by Gasteiger charge is -2.20. The number of halogens is 1. The van der Waals surface area contributed by atoms with Crippen molar-refractivity contribution in [1.82, 2.24) is 4.90 Å². The Kier molecular flexibility index (Phi) is 4.76. The standard InChI is InChI=1S/C18H19FN2O3S/c1-13-6-4-9-16(17(13)18(22)21-10-2-3-11-21)20-25(23,24)15-8-5-7-14(19)12-15/h4-9,12,20H,2-3,10-11H2,1H3. The summed E-state index contributed by atoms with van der Waals surface area (Å²) in [5.74, 6) is -0.826. The van der Waals surface area contributed by atoms with Crippen molar-refractivity contribution in [1.29, 1.82) is 0 Å². The van der Waals surface area contributed by atoms with Gasteiger partial charge in [0.1, 0.15) is 5.82 Å². The van der Waals surface area contributed by atoms with Gasteiger partial charge in [-0.2, -0.15) is 0 Å². The van der Waals surface area contributed by atoms with Gasteiger partial charge < -0.3 is 4.90 Å². The molecule has 0 aromatic heterocycles. The topological polar surface area (TPSA) is 66.5 Å². The number of hydrogen-bond donors (Lipinski definition) is 1. The van der Waals surface area contributed by atoms with Gasteiger partial charge in [0.2, 0.25) is 0 Å². The van der Waals surface area contributed by atoms with E-state index in [4.69, 9.17) is 0 Å². The summed E-state index contributed by atoms with van der Waals surface area (Å²) in [5, 5.41) is 0. The highest BCUT2D eigenvalue weighted by Crippen LogP contribution is 2.26. The number of carbonyl (C=O) groups excluding carboxylic acids is 1. The van der Waals surface area contributed by atoms with E-state index in [1.165, 1.54) is 18.2 Å². The summed E-state index contributed by atoms with van der Waals surface area (Å²) in [6.07, 6.45) is 1.89. The molecular weight excluding hydrogens is 343 g/mol. The molecule has 132 valence electrons. The van der Waals surface area contributed by atoms with E-state index in [2.05, 4.69) is 4.72 Å². The van der Waals surface area contributed by atoms with E-state index in [9.17, 15) is 17.6 Å². The number of hydrogen-bond acceptors (Lipinski definition) is 3. The number of likely N-dealkylation sites (tertiary alicyclic amines) is 1. The zero-order valence-corrected chi connectivity index (χ0v) is 14.6. The van der Waals surface area contributed by atoms with Crippen molar-refractivity contribution in [3.05, 3.63) is 59.4 Å². The molecule has 0 bridgehead atoms. The molecule has 1 amide bonds. The molecule has 1 aliphatic heterocycles. The Labute approximate surface area is 146 Å². The van der Waals surface area contributed by atoms with Crippen LogP contribution in [-0.2, 0) is 10.0 Å². The SMILES string of the molecule is Cc1cccc(NS(=O)(=O)c2cccc(F)c2)c1C(=O)N1CCCC1. The van der Waals surface area contributed by atoms with E-state index in [1.54, 1.807) is 30.0 Å². The van der Waals surface area contributed by atoms with Crippen molar-refractivity contribution in [2.45, 2.75) is 24.7 Å². The van der Waals surface area contributed by atoms with Gasteiger partial charge in [0.25, 0.3) is 15.9 Å². The van der Waals surface area contributed by atoms with E-state index in [0.29, 0.717) is 24.2 Å². The molecule has 0 saturated carbocycles. The Balaban J connectivity index is 1.97. The highest BCUT2D eigenvalue weighted by atomic mass is 32.2. The molecule has 2 aromatic rings. The summed E-state index contributed by atoms with van der Waals surface area (Å²) >= 11 is 0. The van der Waals surface area contributed by atoms with Gasteiger partial charge in [0, 0.05) is 13.1 Å². The highest BCUT2D eigenvalue weighted by Gasteiger charge is 2.25. The lowest BCUT2D eigenvalue weighted by Crippen LogP contribution is -2.29. The van der Waals surface area contributed by atoms with Crippen LogP contribution < -0.4 is 4.72 Å². The van der Waals surface area contributed by atoms with E-state index in [-0.39, 0.29) is 16.5 Å². The smallest absolute Gasteiger partial charge is 0.262 e. The van der Waals surface area contributed by atoms with Crippen molar-refractivity contribution >= 4 is 21.6 Å². The molecule has 0 spiro atoms. The number of anilines is 1. The molecule has 1 N–H and O–H groups in total. The first-order chi connectivity index (χ1) is 11.9. The summed E-state index contributed by atoms with van der Waals surface area (Å²) in [7, 11) is -3.99. The Morgan fingerprint density at radius 2 is 1.80 bits per heavy atom. The van der Waals surface area contributed by atoms with Crippen molar-refractivity contribution in [3.63, 3.8) is 0 Å². The molecule has 3 rings (SSSR count). The maximum absolute atomic E-state index is 13.4. The number of amides is 1. The van der Waals surface area contributed by atoms with Crippen molar-refractivity contribution in [3.8, 4) is 0 Å². The fraction of sp³-hybridized carbons (Fsp3) is 0.278. The van der Waals surface area contributed by atoms with Gasteiger partial charge in [0.15, 0.2) is 0 Å². The van der Waals surface area contributed by atoms with Gasteiger partial charge in [-0.3, -0.25) is 9.52 Å². The molecule has 25 heavy (non-hydrogen) atoms. The van der Waals surface area contributed by atoms with E-state index >= 15 is 0 Å². The molecular formula is C18H19FN2O3S. The molecule has 7 heteroatoms. The Hall–Kier alpha value is -2.41. The number of sulfonamides is 1. The van der Waals surface area contributed by atoms with Crippen molar-refractivity contribution in [2.75, 3.05) is 17.8 Å². The number of aryl methyl sites for hydroxylation is 1. The third kappa shape index (κ3) is 3.66. The Morgan fingerprint density at radius 1 is 1.12 bits per heavy atom. The van der Waals surface area contributed by atoms with Crippen LogP contribution in [0.15, 0.2) is 47.4 Å². The fourth-order valence-electron chi connectivity index (χ4n) is 2.95. The first-order valence-electron chi connectivity index (χ1n) is 8.06. The van der Waals surface area contributed by atoms with E-state index < -0.39 is 15.8 Å². The number of benzene rings is 2. The van der Waals surface area contributed by atoms with Crippen LogP contribution in [0.1, 0.15) is 28.8 Å². The van der Waals surface area contributed by atoms with Gasteiger partial charge in [-0.05, 0) is 49.6 Å². The van der Waals surface area contributed by atoms with Crippen LogP contribution in [0, 0.1) is 12.7 Å². The Bertz CT molecular complexity index is 906. The molecule has 1 saturated heterocycles. The van der Waals surface area contributed by atoms with Crippen LogP contribution in [0.25, 0.3) is 0 Å². The molecule has 2 aromatic carbocycles. The minimum absolute atomic E-state index is 0.187. The third-order valence-corrected chi connectivity index (χ3v) is 5.59. The van der Waals surface area contributed by atoms with Gasteiger partial charge in [0.05, 0.1) is 16.1 Å². The van der Waals surface area contributed by atoms with Crippen molar-refractivity contribution < 1.29 is 17.6 Å². The number of nitrogens with zero attached hydrogens (tertiary/aromatic N) is 1. The fourth-order valence-corrected chi connectivity index (χ4v) is 4.06. The number of rotatable bonds is 4. The summed E-state index contributed by atoms with van der Waals surface area (Å²) < 4.78 is 40.9. The third-order valence-electron chi connectivity index (χ3n) is 4.23. The largest absolute Gasteiger partial charge is 0.339 e. The highest BCUT2D eigenvalue weighted by molar-refractivity contribution is 7.92. The van der Waals surface area contributed by atoms with Crippen LogP contribution in [0.5, 0.6) is 0 Å².